The second-order valence-electron chi connectivity index (χ2n) is 4.76. The average molecular weight is 355 g/mol. The molecule has 0 bridgehead atoms. The monoisotopic (exact) mass is 354 g/mol. The van der Waals surface area contributed by atoms with E-state index in [-0.39, 0.29) is 4.47 Å². The normalized spacial score (nSPS) is 19.1. The minimum Gasteiger partial charge on any atom is -0.314 e. The summed E-state index contributed by atoms with van der Waals surface area (Å²) in [4.78, 5) is 1.75. The summed E-state index contributed by atoms with van der Waals surface area (Å²) in [5, 5.41) is 3.10. The van der Waals surface area contributed by atoms with E-state index in [9.17, 15) is 17.6 Å². The molecule has 1 aliphatic heterocycles. The topological polar surface area (TPSA) is 15.3 Å². The summed E-state index contributed by atoms with van der Waals surface area (Å²) >= 11 is 3.07. The fraction of sp³-hybridized carbons (Fsp3) is 0.538. The van der Waals surface area contributed by atoms with Gasteiger partial charge in [0, 0.05) is 32.2 Å². The van der Waals surface area contributed by atoms with E-state index < -0.39 is 24.5 Å². The molecule has 1 aliphatic rings. The smallest absolute Gasteiger partial charge is 0.314 e. The Balaban J connectivity index is 2.32. The summed E-state index contributed by atoms with van der Waals surface area (Å²) in [6, 6.07) is 3.37. The molecule has 0 unspecified atom stereocenters. The van der Waals surface area contributed by atoms with Gasteiger partial charge in [-0.05, 0) is 27.6 Å². The molecule has 0 radical (unpaired) electrons. The quantitative estimate of drug-likeness (QED) is 0.836. The first kappa shape index (κ1) is 15.7. The highest BCUT2D eigenvalue weighted by Gasteiger charge is 2.36. The van der Waals surface area contributed by atoms with Crippen molar-refractivity contribution in [2.24, 2.45) is 0 Å². The molecule has 1 heterocycles. The zero-order chi connectivity index (χ0) is 14.8. The Bertz CT molecular complexity index is 458. The number of nitrogens with zero attached hydrogens (tertiary/aromatic N) is 1. The van der Waals surface area contributed by atoms with Crippen molar-refractivity contribution >= 4 is 15.9 Å². The standard InChI is InChI=1S/C13H15BrF4N2/c14-12-9(2-1-3-10(12)15)11(8-13(16,17)18)20-6-4-19-5-7-20/h1-3,11,19H,4-8H2/t11-/m0/s1. The predicted octanol–water partition coefficient (Wildman–Crippen LogP) is 3.49. The van der Waals surface area contributed by atoms with Crippen LogP contribution in [0.2, 0.25) is 0 Å². The summed E-state index contributed by atoms with van der Waals surface area (Å²) in [7, 11) is 0. The lowest BCUT2D eigenvalue weighted by atomic mass is 10.0. The van der Waals surface area contributed by atoms with Crippen LogP contribution in [0.5, 0.6) is 0 Å². The number of hydrogen-bond acceptors (Lipinski definition) is 2. The van der Waals surface area contributed by atoms with Gasteiger partial charge in [0.15, 0.2) is 0 Å². The third kappa shape index (κ3) is 3.93. The van der Waals surface area contributed by atoms with Crippen molar-refractivity contribution in [2.45, 2.75) is 18.6 Å². The Morgan fingerprint density at radius 3 is 2.50 bits per heavy atom. The third-order valence-corrected chi connectivity index (χ3v) is 4.19. The van der Waals surface area contributed by atoms with Gasteiger partial charge in [-0.15, -0.1) is 0 Å². The van der Waals surface area contributed by atoms with E-state index in [1.54, 1.807) is 11.0 Å². The molecule has 2 rings (SSSR count). The van der Waals surface area contributed by atoms with E-state index >= 15 is 0 Å². The molecule has 1 aromatic carbocycles. The molecule has 1 fully saturated rings. The van der Waals surface area contributed by atoms with E-state index in [0.717, 1.165) is 0 Å². The molecule has 1 N–H and O–H groups in total. The first-order valence-corrected chi connectivity index (χ1v) is 7.13. The summed E-state index contributed by atoms with van der Waals surface area (Å²) in [6.45, 7) is 2.32. The maximum Gasteiger partial charge on any atom is 0.390 e. The van der Waals surface area contributed by atoms with Gasteiger partial charge in [-0.1, -0.05) is 12.1 Å². The molecule has 2 nitrogen and oxygen atoms in total. The summed E-state index contributed by atoms with van der Waals surface area (Å²) in [5.74, 6) is -0.537. The van der Waals surface area contributed by atoms with Gasteiger partial charge in [0.25, 0.3) is 0 Å². The number of benzene rings is 1. The molecule has 0 amide bonds. The van der Waals surface area contributed by atoms with Gasteiger partial charge in [0.2, 0.25) is 0 Å². The van der Waals surface area contributed by atoms with Crippen LogP contribution in [-0.2, 0) is 0 Å². The van der Waals surface area contributed by atoms with Crippen molar-refractivity contribution in [3.8, 4) is 0 Å². The van der Waals surface area contributed by atoms with E-state index in [4.69, 9.17) is 0 Å². The largest absolute Gasteiger partial charge is 0.390 e. The maximum absolute atomic E-state index is 13.6. The first-order valence-electron chi connectivity index (χ1n) is 6.34. The molecule has 0 saturated carbocycles. The van der Waals surface area contributed by atoms with E-state index in [0.29, 0.717) is 31.7 Å². The number of alkyl halides is 3. The Hall–Kier alpha value is -0.660. The molecule has 1 atom stereocenters. The molecule has 1 saturated heterocycles. The SMILES string of the molecule is Fc1cccc([C@H](CC(F)(F)F)N2CCNCC2)c1Br. The van der Waals surface area contributed by atoms with Crippen LogP contribution in [0.15, 0.2) is 22.7 Å². The molecule has 0 aliphatic carbocycles. The zero-order valence-electron chi connectivity index (χ0n) is 10.7. The van der Waals surface area contributed by atoms with Crippen molar-refractivity contribution < 1.29 is 17.6 Å². The van der Waals surface area contributed by atoms with Crippen LogP contribution in [0.4, 0.5) is 17.6 Å². The molecule has 112 valence electrons. The maximum atomic E-state index is 13.6. The van der Waals surface area contributed by atoms with Crippen molar-refractivity contribution in [3.63, 3.8) is 0 Å². The number of hydrogen-bond donors (Lipinski definition) is 1. The van der Waals surface area contributed by atoms with Crippen molar-refractivity contribution in [2.75, 3.05) is 26.2 Å². The molecular formula is C13H15BrF4N2. The van der Waals surface area contributed by atoms with Gasteiger partial charge < -0.3 is 5.32 Å². The summed E-state index contributed by atoms with van der Waals surface area (Å²) < 4.78 is 52.2. The van der Waals surface area contributed by atoms with Crippen molar-refractivity contribution in [1.82, 2.24) is 10.2 Å². The van der Waals surface area contributed by atoms with Gasteiger partial charge >= 0.3 is 6.18 Å². The molecule has 0 spiro atoms. The fourth-order valence-corrected chi connectivity index (χ4v) is 2.96. The zero-order valence-corrected chi connectivity index (χ0v) is 12.3. The van der Waals surface area contributed by atoms with Crippen LogP contribution in [0.25, 0.3) is 0 Å². The Kier molecular flexibility index (Phi) is 5.04. The fourth-order valence-electron chi connectivity index (χ4n) is 2.43. The van der Waals surface area contributed by atoms with Crippen LogP contribution in [0.3, 0.4) is 0 Å². The highest BCUT2D eigenvalue weighted by atomic mass is 79.9. The van der Waals surface area contributed by atoms with Gasteiger partial charge in [-0.25, -0.2) is 4.39 Å². The van der Waals surface area contributed by atoms with Gasteiger partial charge in [-0.3, -0.25) is 4.90 Å². The van der Waals surface area contributed by atoms with Crippen LogP contribution < -0.4 is 5.32 Å². The minimum atomic E-state index is -4.29. The van der Waals surface area contributed by atoms with Crippen LogP contribution in [-0.4, -0.2) is 37.3 Å². The molecule has 7 heteroatoms. The van der Waals surface area contributed by atoms with Crippen LogP contribution in [0.1, 0.15) is 18.0 Å². The van der Waals surface area contributed by atoms with E-state index in [1.807, 2.05) is 0 Å². The number of piperazine rings is 1. The lowest BCUT2D eigenvalue weighted by molar-refractivity contribution is -0.148. The second-order valence-corrected chi connectivity index (χ2v) is 5.56. The number of nitrogens with one attached hydrogen (secondary N) is 1. The molecular weight excluding hydrogens is 340 g/mol. The van der Waals surface area contributed by atoms with Gasteiger partial charge in [0.1, 0.15) is 5.82 Å². The lowest BCUT2D eigenvalue weighted by Crippen LogP contribution is -2.46. The highest BCUT2D eigenvalue weighted by molar-refractivity contribution is 9.10. The Morgan fingerprint density at radius 2 is 1.90 bits per heavy atom. The first-order chi connectivity index (χ1) is 9.38. The van der Waals surface area contributed by atoms with E-state index in [1.165, 1.54) is 12.1 Å². The summed E-state index contributed by atoms with van der Waals surface area (Å²) in [5.41, 5.74) is 0.351. The number of rotatable bonds is 3. The molecule has 20 heavy (non-hydrogen) atoms. The van der Waals surface area contributed by atoms with Gasteiger partial charge in [0.05, 0.1) is 10.9 Å². The minimum absolute atomic E-state index is 0.118. The van der Waals surface area contributed by atoms with Crippen molar-refractivity contribution in [3.05, 3.63) is 34.1 Å². The van der Waals surface area contributed by atoms with Crippen molar-refractivity contribution in [1.29, 1.82) is 0 Å². The van der Waals surface area contributed by atoms with Gasteiger partial charge in [-0.2, -0.15) is 13.2 Å². The molecule has 0 aromatic heterocycles. The van der Waals surface area contributed by atoms with Crippen LogP contribution >= 0.6 is 15.9 Å². The molecule has 1 aromatic rings. The number of halogens is 5. The third-order valence-electron chi connectivity index (χ3n) is 3.36. The summed E-state index contributed by atoms with van der Waals surface area (Å²) in [6.07, 6.45) is -5.27. The second kappa shape index (κ2) is 6.41. The Morgan fingerprint density at radius 1 is 1.25 bits per heavy atom. The van der Waals surface area contributed by atoms with E-state index in [2.05, 4.69) is 21.2 Å². The average Bonchev–Trinajstić information content (AvgIpc) is 2.40. The lowest BCUT2D eigenvalue weighted by Gasteiger charge is -2.36. The Labute approximate surface area is 123 Å². The predicted molar refractivity (Wildman–Crippen MR) is 72.0 cm³/mol. The van der Waals surface area contributed by atoms with Crippen LogP contribution in [0, 0.1) is 5.82 Å². The highest BCUT2D eigenvalue weighted by Crippen LogP contribution is 2.37.